The summed E-state index contributed by atoms with van der Waals surface area (Å²) < 4.78 is 41.1. The molecular weight excluding hydrogens is 433 g/mol. The van der Waals surface area contributed by atoms with E-state index in [1.54, 1.807) is 43.9 Å². The van der Waals surface area contributed by atoms with Gasteiger partial charge < -0.3 is 10.2 Å². The molecule has 1 fully saturated rings. The van der Waals surface area contributed by atoms with Crippen LogP contribution < -0.4 is 5.32 Å². The fourth-order valence-electron chi connectivity index (χ4n) is 3.87. The molecule has 0 radical (unpaired) electrons. The Morgan fingerprint density at radius 3 is 2.38 bits per heavy atom. The molecule has 1 heterocycles. The van der Waals surface area contributed by atoms with Crippen LogP contribution in [0.1, 0.15) is 53.0 Å². The summed E-state index contributed by atoms with van der Waals surface area (Å²) in [7, 11) is -4.08. The van der Waals surface area contributed by atoms with E-state index in [0.29, 0.717) is 24.3 Å². The van der Waals surface area contributed by atoms with E-state index in [1.165, 1.54) is 6.07 Å². The highest BCUT2D eigenvalue weighted by Crippen LogP contribution is 2.25. The van der Waals surface area contributed by atoms with Gasteiger partial charge in [-0.1, -0.05) is 26.0 Å². The predicted molar refractivity (Wildman–Crippen MR) is 121 cm³/mol. The van der Waals surface area contributed by atoms with E-state index in [0.717, 1.165) is 34.8 Å². The van der Waals surface area contributed by atoms with E-state index < -0.39 is 26.6 Å². The zero-order valence-corrected chi connectivity index (χ0v) is 19.3. The van der Waals surface area contributed by atoms with Crippen LogP contribution in [0.25, 0.3) is 0 Å². The van der Waals surface area contributed by atoms with Gasteiger partial charge in [0.2, 0.25) is 10.0 Å². The molecule has 7 nitrogen and oxygen atoms in total. The Morgan fingerprint density at radius 1 is 1.09 bits per heavy atom. The summed E-state index contributed by atoms with van der Waals surface area (Å²) in [6.07, 6.45) is 1.89. The number of amides is 2. The molecule has 32 heavy (non-hydrogen) atoms. The second-order valence-electron chi connectivity index (χ2n) is 7.69. The molecule has 3 rings (SSSR count). The number of likely N-dealkylation sites (tertiary alicyclic amines) is 1. The summed E-state index contributed by atoms with van der Waals surface area (Å²) in [5, 5.41) is 2.71. The van der Waals surface area contributed by atoms with Gasteiger partial charge in [-0.05, 0) is 49.6 Å². The quantitative estimate of drug-likeness (QED) is 0.682. The number of carbonyl (C=O) groups is 2. The number of aryl methyl sites for hydroxylation is 1. The standard InChI is InChI=1S/C23H28FN3O4S/c1-4-27(5-2)32(30,31)20-15-17(11-12-18(20)24)22(28)25-19-10-8-9-16(3)21(19)23(29)26-13-6-7-14-26/h8-12,15H,4-7,13-14H2,1-3H3,(H,25,28). The van der Waals surface area contributed by atoms with Gasteiger partial charge in [-0.2, -0.15) is 4.31 Å². The second kappa shape index (κ2) is 9.79. The third kappa shape index (κ3) is 4.68. The van der Waals surface area contributed by atoms with E-state index in [9.17, 15) is 22.4 Å². The van der Waals surface area contributed by atoms with Gasteiger partial charge >= 0.3 is 0 Å². The van der Waals surface area contributed by atoms with Crippen LogP contribution in [0.2, 0.25) is 0 Å². The molecule has 0 saturated carbocycles. The van der Waals surface area contributed by atoms with Crippen LogP contribution in [-0.2, 0) is 10.0 Å². The van der Waals surface area contributed by atoms with Crippen molar-refractivity contribution < 1.29 is 22.4 Å². The molecule has 0 aromatic heterocycles. The van der Waals surface area contributed by atoms with Crippen LogP contribution >= 0.6 is 0 Å². The molecule has 1 N–H and O–H groups in total. The number of carbonyl (C=O) groups excluding carboxylic acids is 2. The maximum atomic E-state index is 14.4. The molecule has 0 bridgehead atoms. The number of benzene rings is 2. The number of halogens is 1. The zero-order chi connectivity index (χ0) is 23.5. The highest BCUT2D eigenvalue weighted by molar-refractivity contribution is 7.89. The highest BCUT2D eigenvalue weighted by Gasteiger charge is 2.27. The molecule has 1 aliphatic heterocycles. The van der Waals surface area contributed by atoms with E-state index in [-0.39, 0.29) is 24.6 Å². The van der Waals surface area contributed by atoms with Crippen molar-refractivity contribution in [2.24, 2.45) is 0 Å². The van der Waals surface area contributed by atoms with Crippen molar-refractivity contribution in [2.75, 3.05) is 31.5 Å². The van der Waals surface area contributed by atoms with E-state index in [2.05, 4.69) is 5.32 Å². The monoisotopic (exact) mass is 461 g/mol. The lowest BCUT2D eigenvalue weighted by atomic mass is 10.0. The summed E-state index contributed by atoms with van der Waals surface area (Å²) in [5.41, 5.74) is 1.45. The smallest absolute Gasteiger partial charge is 0.256 e. The van der Waals surface area contributed by atoms with Gasteiger partial charge in [-0.3, -0.25) is 9.59 Å². The predicted octanol–water partition coefficient (Wildman–Crippen LogP) is 3.65. The Labute approximate surface area is 188 Å². The molecule has 0 atom stereocenters. The number of nitrogens with zero attached hydrogens (tertiary/aromatic N) is 2. The van der Waals surface area contributed by atoms with E-state index in [1.807, 2.05) is 0 Å². The third-order valence-corrected chi connectivity index (χ3v) is 7.71. The first kappa shape index (κ1) is 23.9. The van der Waals surface area contributed by atoms with E-state index >= 15 is 0 Å². The lowest BCUT2D eigenvalue weighted by Crippen LogP contribution is -2.31. The van der Waals surface area contributed by atoms with Gasteiger partial charge in [0.15, 0.2) is 0 Å². The Kier molecular flexibility index (Phi) is 7.30. The average Bonchev–Trinajstić information content (AvgIpc) is 3.29. The topological polar surface area (TPSA) is 86.8 Å². The van der Waals surface area contributed by atoms with Crippen LogP contribution in [0.3, 0.4) is 0 Å². The summed E-state index contributed by atoms with van der Waals surface area (Å²) in [5.74, 6) is -1.70. The summed E-state index contributed by atoms with van der Waals surface area (Å²) in [6.45, 7) is 6.82. The fourth-order valence-corrected chi connectivity index (χ4v) is 5.42. The van der Waals surface area contributed by atoms with Gasteiger partial charge in [-0.15, -0.1) is 0 Å². The fraction of sp³-hybridized carbons (Fsp3) is 0.391. The van der Waals surface area contributed by atoms with Gasteiger partial charge in [0, 0.05) is 31.7 Å². The second-order valence-corrected chi connectivity index (χ2v) is 9.59. The largest absolute Gasteiger partial charge is 0.339 e. The van der Waals surface area contributed by atoms with Crippen LogP contribution in [0, 0.1) is 12.7 Å². The first-order valence-corrected chi connectivity index (χ1v) is 12.1. The summed E-state index contributed by atoms with van der Waals surface area (Å²) in [4.78, 5) is 27.2. The Bertz CT molecular complexity index is 1120. The Balaban J connectivity index is 1.94. The SMILES string of the molecule is CCN(CC)S(=O)(=O)c1cc(C(=O)Nc2cccc(C)c2C(=O)N2CCCC2)ccc1F. The van der Waals surface area contributed by atoms with Crippen molar-refractivity contribution >= 4 is 27.5 Å². The van der Waals surface area contributed by atoms with Crippen molar-refractivity contribution in [3.05, 3.63) is 58.9 Å². The minimum Gasteiger partial charge on any atom is -0.339 e. The van der Waals surface area contributed by atoms with Crippen molar-refractivity contribution in [1.29, 1.82) is 0 Å². The number of anilines is 1. The lowest BCUT2D eigenvalue weighted by molar-refractivity contribution is 0.0793. The lowest BCUT2D eigenvalue weighted by Gasteiger charge is -2.20. The maximum Gasteiger partial charge on any atom is 0.256 e. The minimum atomic E-state index is -4.08. The van der Waals surface area contributed by atoms with Crippen molar-refractivity contribution in [3.63, 3.8) is 0 Å². The molecule has 0 spiro atoms. The van der Waals surface area contributed by atoms with Crippen LogP contribution in [-0.4, -0.2) is 55.6 Å². The third-order valence-electron chi connectivity index (χ3n) is 5.64. The first-order chi connectivity index (χ1) is 15.2. The van der Waals surface area contributed by atoms with Crippen LogP contribution in [0.4, 0.5) is 10.1 Å². The molecule has 2 aromatic rings. The summed E-state index contributed by atoms with van der Waals surface area (Å²) in [6, 6.07) is 8.39. The number of sulfonamides is 1. The van der Waals surface area contributed by atoms with Crippen molar-refractivity contribution in [2.45, 2.75) is 38.5 Å². The molecule has 9 heteroatoms. The van der Waals surface area contributed by atoms with Crippen LogP contribution in [0.5, 0.6) is 0 Å². The molecule has 1 saturated heterocycles. The molecule has 1 aliphatic rings. The van der Waals surface area contributed by atoms with Gasteiger partial charge in [0.25, 0.3) is 11.8 Å². The molecule has 2 amide bonds. The number of hydrogen-bond donors (Lipinski definition) is 1. The molecule has 0 aliphatic carbocycles. The number of nitrogens with one attached hydrogen (secondary N) is 1. The molecule has 172 valence electrons. The normalized spacial score (nSPS) is 14.1. The van der Waals surface area contributed by atoms with Crippen molar-refractivity contribution in [3.8, 4) is 0 Å². The van der Waals surface area contributed by atoms with Gasteiger partial charge in [0.1, 0.15) is 10.7 Å². The number of hydrogen-bond acceptors (Lipinski definition) is 4. The van der Waals surface area contributed by atoms with Gasteiger partial charge in [-0.25, -0.2) is 12.8 Å². The Morgan fingerprint density at radius 2 is 1.75 bits per heavy atom. The molecule has 2 aromatic carbocycles. The van der Waals surface area contributed by atoms with E-state index in [4.69, 9.17) is 0 Å². The zero-order valence-electron chi connectivity index (χ0n) is 18.5. The van der Waals surface area contributed by atoms with Crippen LogP contribution in [0.15, 0.2) is 41.3 Å². The molecule has 0 unspecified atom stereocenters. The maximum absolute atomic E-state index is 14.4. The minimum absolute atomic E-state index is 0.0155. The highest BCUT2D eigenvalue weighted by atomic mass is 32.2. The van der Waals surface area contributed by atoms with Gasteiger partial charge in [0.05, 0.1) is 11.3 Å². The van der Waals surface area contributed by atoms with Crippen molar-refractivity contribution in [1.82, 2.24) is 9.21 Å². The number of rotatable bonds is 7. The Hall–Kier alpha value is -2.78. The summed E-state index contributed by atoms with van der Waals surface area (Å²) >= 11 is 0. The molecular formula is C23H28FN3O4S. The average molecular weight is 462 g/mol. The first-order valence-electron chi connectivity index (χ1n) is 10.7.